The number of carbonyl (C=O) groups excluding carboxylic acids is 1. The van der Waals surface area contributed by atoms with E-state index in [0.29, 0.717) is 56.6 Å². The Bertz CT molecular complexity index is 1710. The first-order valence-corrected chi connectivity index (χ1v) is 12.7. The topological polar surface area (TPSA) is 101 Å². The number of aliphatic imine (C=N–C) groups is 1. The zero-order valence-corrected chi connectivity index (χ0v) is 22.0. The number of nitrogens with two attached hydrogens (primary N) is 1. The second-order valence-electron chi connectivity index (χ2n) is 9.31. The molecule has 3 N–H and O–H groups in total. The van der Waals surface area contributed by atoms with Crippen molar-refractivity contribution in [2.75, 3.05) is 30.3 Å². The third-order valence-electron chi connectivity index (χ3n) is 6.72. The van der Waals surface area contributed by atoms with Gasteiger partial charge in [-0.1, -0.05) is 30.3 Å². The van der Waals surface area contributed by atoms with E-state index in [-0.39, 0.29) is 25.4 Å². The van der Waals surface area contributed by atoms with E-state index in [1.165, 1.54) is 6.07 Å². The lowest BCUT2D eigenvalue weighted by Crippen LogP contribution is -2.38. The zero-order chi connectivity index (χ0) is 27.7. The maximum Gasteiger partial charge on any atom is 0.340 e. The zero-order valence-electron chi connectivity index (χ0n) is 21.3. The molecule has 0 fully saturated rings. The Hall–Kier alpha value is -4.43. The number of hydrogen-bond acceptors (Lipinski definition) is 6. The van der Waals surface area contributed by atoms with Crippen LogP contribution in [0.2, 0.25) is 5.02 Å². The first-order chi connectivity index (χ1) is 18.7. The number of hydrogen-bond donors (Lipinski definition) is 2. The number of anilines is 2. The lowest BCUT2D eigenvalue weighted by molar-refractivity contribution is -0.117. The smallest absolute Gasteiger partial charge is 0.340 e. The summed E-state index contributed by atoms with van der Waals surface area (Å²) in [5.41, 5.74) is 10.1. The van der Waals surface area contributed by atoms with Crippen LogP contribution >= 0.6 is 11.6 Å². The van der Waals surface area contributed by atoms with Crippen molar-refractivity contribution in [2.24, 2.45) is 4.99 Å². The maximum atomic E-state index is 14.7. The number of benzene rings is 3. The Morgan fingerprint density at radius 2 is 1.95 bits per heavy atom. The molecule has 0 spiro atoms. The molecule has 0 atom stereocenters. The molecule has 0 unspecified atom stereocenters. The lowest BCUT2D eigenvalue weighted by Gasteiger charge is -2.24. The van der Waals surface area contributed by atoms with Crippen LogP contribution in [0.3, 0.4) is 0 Å². The first kappa shape index (κ1) is 26.2. The van der Waals surface area contributed by atoms with E-state index >= 15 is 0 Å². The molecule has 2 heterocycles. The van der Waals surface area contributed by atoms with E-state index in [1.807, 2.05) is 13.0 Å². The van der Waals surface area contributed by atoms with Crippen molar-refractivity contribution >= 4 is 45.6 Å². The van der Waals surface area contributed by atoms with Crippen LogP contribution in [0.25, 0.3) is 11.0 Å². The molecule has 4 aromatic rings. The summed E-state index contributed by atoms with van der Waals surface area (Å²) in [4.78, 5) is 31.8. The molecule has 39 heavy (non-hydrogen) atoms. The van der Waals surface area contributed by atoms with E-state index in [2.05, 4.69) is 16.9 Å². The highest BCUT2D eigenvalue weighted by atomic mass is 35.5. The van der Waals surface area contributed by atoms with Gasteiger partial charge in [-0.25, -0.2) is 9.18 Å². The summed E-state index contributed by atoms with van der Waals surface area (Å²) < 4.78 is 20.1. The fourth-order valence-corrected chi connectivity index (χ4v) is 4.92. The van der Waals surface area contributed by atoms with Gasteiger partial charge in [-0.15, -0.1) is 0 Å². The van der Waals surface area contributed by atoms with Gasteiger partial charge in [0.25, 0.3) is 0 Å². The second kappa shape index (κ2) is 10.7. The van der Waals surface area contributed by atoms with E-state index < -0.39 is 11.4 Å². The molecule has 7 nitrogen and oxygen atoms in total. The molecule has 1 amide bonds. The summed E-state index contributed by atoms with van der Waals surface area (Å²) in [5, 5.41) is 4.47. The van der Waals surface area contributed by atoms with Gasteiger partial charge in [0.1, 0.15) is 17.9 Å². The van der Waals surface area contributed by atoms with Crippen molar-refractivity contribution in [3.8, 4) is 0 Å². The van der Waals surface area contributed by atoms with Crippen LogP contribution in [0.1, 0.15) is 22.3 Å². The van der Waals surface area contributed by atoms with Crippen LogP contribution in [-0.4, -0.2) is 31.3 Å². The normalized spacial score (nSPS) is 13.2. The number of amides is 1. The minimum absolute atomic E-state index is 0.140. The summed E-state index contributed by atoms with van der Waals surface area (Å²) in [6.07, 6.45) is 0.259. The predicted octanol–water partition coefficient (Wildman–Crippen LogP) is 5.01. The molecule has 0 aliphatic carbocycles. The van der Waals surface area contributed by atoms with Crippen molar-refractivity contribution in [1.29, 1.82) is 0 Å². The highest BCUT2D eigenvalue weighted by Crippen LogP contribution is 2.30. The molecule has 0 saturated heterocycles. The maximum absolute atomic E-state index is 14.7. The summed E-state index contributed by atoms with van der Waals surface area (Å²) in [6.45, 7) is 6.44. The van der Waals surface area contributed by atoms with Crippen molar-refractivity contribution < 1.29 is 13.6 Å². The van der Waals surface area contributed by atoms with Crippen LogP contribution < -0.4 is 21.6 Å². The largest absolute Gasteiger partial charge is 0.422 e. The van der Waals surface area contributed by atoms with E-state index in [4.69, 9.17) is 21.8 Å². The number of halogens is 2. The van der Waals surface area contributed by atoms with Crippen molar-refractivity contribution in [3.05, 3.63) is 116 Å². The molecular formula is C30H26ClFN4O3. The molecule has 3 aromatic carbocycles. The van der Waals surface area contributed by atoms with Gasteiger partial charge in [0.2, 0.25) is 5.91 Å². The minimum Gasteiger partial charge on any atom is -0.422 e. The summed E-state index contributed by atoms with van der Waals surface area (Å²) in [7, 11) is 0. The van der Waals surface area contributed by atoms with Gasteiger partial charge in [0.15, 0.2) is 0 Å². The van der Waals surface area contributed by atoms with Gasteiger partial charge in [-0.2, -0.15) is 0 Å². The monoisotopic (exact) mass is 544 g/mol. The molecule has 0 saturated carbocycles. The summed E-state index contributed by atoms with van der Waals surface area (Å²) >= 11 is 6.28. The molecule has 1 aliphatic heterocycles. The molecule has 198 valence electrons. The average molecular weight is 545 g/mol. The summed E-state index contributed by atoms with van der Waals surface area (Å²) in [5.74, 6) is -0.666. The Labute approximate surface area is 229 Å². The average Bonchev–Trinajstić information content (AvgIpc) is 3.03. The minimum atomic E-state index is -0.445. The summed E-state index contributed by atoms with van der Waals surface area (Å²) in [6, 6.07) is 16.6. The van der Waals surface area contributed by atoms with E-state index in [1.54, 1.807) is 53.4 Å². The van der Waals surface area contributed by atoms with Gasteiger partial charge in [-0.3, -0.25) is 9.79 Å². The van der Waals surface area contributed by atoms with Gasteiger partial charge < -0.3 is 20.4 Å². The number of nitrogen functional groups attached to an aromatic ring is 1. The van der Waals surface area contributed by atoms with Crippen molar-refractivity contribution in [2.45, 2.75) is 13.3 Å². The highest BCUT2D eigenvalue weighted by molar-refractivity contribution is 6.32. The number of allylic oxidation sites excluding steroid dienone is 1. The van der Waals surface area contributed by atoms with Crippen molar-refractivity contribution in [1.82, 2.24) is 5.32 Å². The Morgan fingerprint density at radius 1 is 1.15 bits per heavy atom. The molecular weight excluding hydrogens is 519 g/mol. The number of carbonyl (C=O) groups is 1. The van der Waals surface area contributed by atoms with E-state index in [9.17, 15) is 14.0 Å². The third-order valence-corrected chi connectivity index (χ3v) is 6.95. The fourth-order valence-electron chi connectivity index (χ4n) is 4.75. The second-order valence-corrected chi connectivity index (χ2v) is 9.74. The molecule has 1 aromatic heterocycles. The number of aryl methyl sites for hydroxylation is 1. The standard InChI is InChI=1S/C30H26ClFN4O3/c1-17(13-23-18(2)21-9-8-20(33)15-27(21)39-30(23)38)34-11-12-36-26-10-7-19(31)14-24(26)29(35-16-28(36)37)22-5-3-4-6-25(22)32/h3-10,14-15,34H,1,11-13,16,33H2,2H3. The van der Waals surface area contributed by atoms with Gasteiger partial charge in [-0.05, 0) is 55.0 Å². The highest BCUT2D eigenvalue weighted by Gasteiger charge is 2.26. The van der Waals surface area contributed by atoms with Gasteiger partial charge in [0.05, 0.1) is 11.4 Å². The number of nitrogens with zero attached hydrogens (tertiary/aromatic N) is 2. The third kappa shape index (κ3) is 5.28. The van der Waals surface area contributed by atoms with Crippen molar-refractivity contribution in [3.63, 3.8) is 0 Å². The van der Waals surface area contributed by atoms with Crippen LogP contribution in [0, 0.1) is 12.7 Å². The van der Waals surface area contributed by atoms with E-state index in [0.717, 1.165) is 10.9 Å². The van der Waals surface area contributed by atoms with Crippen LogP contribution in [-0.2, 0) is 11.2 Å². The van der Waals surface area contributed by atoms with Gasteiger partial charge >= 0.3 is 5.63 Å². The molecule has 0 radical (unpaired) electrons. The first-order valence-electron chi connectivity index (χ1n) is 12.4. The number of nitrogens with one attached hydrogen (secondary N) is 1. The number of fused-ring (bicyclic) bond motifs is 2. The Kier molecular flexibility index (Phi) is 7.21. The van der Waals surface area contributed by atoms with Crippen LogP contribution in [0.5, 0.6) is 0 Å². The van der Waals surface area contributed by atoms with Crippen LogP contribution in [0.15, 0.2) is 87.1 Å². The molecule has 0 bridgehead atoms. The SMILES string of the molecule is C=C(Cc1c(C)c2ccc(N)cc2oc1=O)NCCN1C(=O)CN=C(c2ccccc2F)c2cc(Cl)ccc21. The predicted molar refractivity (Wildman–Crippen MR) is 153 cm³/mol. The Morgan fingerprint density at radius 3 is 2.74 bits per heavy atom. The van der Waals surface area contributed by atoms with Crippen LogP contribution in [0.4, 0.5) is 15.8 Å². The quantitative estimate of drug-likeness (QED) is 0.252. The molecule has 5 rings (SSSR count). The molecule has 1 aliphatic rings. The fraction of sp³-hybridized carbons (Fsp3) is 0.167. The number of benzodiazepines with no additional fused rings is 1. The Balaban J connectivity index is 1.34. The lowest BCUT2D eigenvalue weighted by atomic mass is 9.99. The molecule has 9 heteroatoms. The van der Waals surface area contributed by atoms with Gasteiger partial charge in [0, 0.05) is 64.1 Å². The number of rotatable bonds is 7.